The molecule has 1 fully saturated rings. The zero-order chi connectivity index (χ0) is 20.9. The van der Waals surface area contributed by atoms with Crippen molar-refractivity contribution < 1.29 is 23.1 Å². The second-order valence-corrected chi connectivity index (χ2v) is 8.13. The third-order valence-corrected chi connectivity index (χ3v) is 5.43. The van der Waals surface area contributed by atoms with Crippen LogP contribution in [0, 0.1) is 17.5 Å². The maximum absolute atomic E-state index is 14.4. The molecule has 0 unspecified atom stereocenters. The molecule has 1 aliphatic rings. The molecule has 0 saturated heterocycles. The van der Waals surface area contributed by atoms with E-state index in [4.69, 9.17) is 0 Å². The lowest BCUT2D eigenvalue weighted by molar-refractivity contribution is -0.137. The molecule has 3 aromatic rings. The van der Waals surface area contributed by atoms with Crippen molar-refractivity contribution in [2.75, 3.05) is 0 Å². The van der Waals surface area contributed by atoms with Gasteiger partial charge in [0.2, 0.25) is 0 Å². The van der Waals surface area contributed by atoms with E-state index in [-0.39, 0.29) is 23.3 Å². The second-order valence-electron chi connectivity index (χ2n) is 8.13. The van der Waals surface area contributed by atoms with Crippen LogP contribution in [0.25, 0.3) is 22.2 Å². The van der Waals surface area contributed by atoms with Gasteiger partial charge >= 0.3 is 0 Å². The molecule has 0 radical (unpaired) electrons. The number of hydrogen-bond acceptors (Lipinski definition) is 2. The number of carbonyl (C=O) groups excluding carboxylic acids is 1. The van der Waals surface area contributed by atoms with Gasteiger partial charge in [-0.3, -0.25) is 4.79 Å². The van der Waals surface area contributed by atoms with E-state index in [0.29, 0.717) is 29.5 Å². The lowest BCUT2D eigenvalue weighted by Crippen LogP contribution is -2.50. The third kappa shape index (κ3) is 3.62. The summed E-state index contributed by atoms with van der Waals surface area (Å²) in [6.45, 7) is 2.83. The van der Waals surface area contributed by atoms with Crippen LogP contribution in [0.4, 0.5) is 13.2 Å². The molecule has 0 bridgehead atoms. The van der Waals surface area contributed by atoms with Crippen LogP contribution in [-0.4, -0.2) is 27.6 Å². The highest BCUT2D eigenvalue weighted by atomic mass is 19.1. The highest BCUT2D eigenvalue weighted by Gasteiger charge is 2.37. The molecule has 1 aromatic heterocycles. The minimum Gasteiger partial charge on any atom is -0.381 e. The van der Waals surface area contributed by atoms with Gasteiger partial charge in [-0.25, -0.2) is 13.2 Å². The van der Waals surface area contributed by atoms with Crippen LogP contribution in [0.5, 0.6) is 0 Å². The number of aromatic nitrogens is 1. The van der Waals surface area contributed by atoms with Crippen molar-refractivity contribution in [1.29, 1.82) is 0 Å². The van der Waals surface area contributed by atoms with E-state index in [9.17, 15) is 23.1 Å². The quantitative estimate of drug-likeness (QED) is 0.606. The predicted molar refractivity (Wildman–Crippen MR) is 104 cm³/mol. The molecule has 3 N–H and O–H groups in total. The molecule has 7 heteroatoms. The molecular formula is C22H21F3N2O2. The summed E-state index contributed by atoms with van der Waals surface area (Å²) in [5.41, 5.74) is 0.754. The van der Waals surface area contributed by atoms with Gasteiger partial charge in [0, 0.05) is 17.5 Å². The highest BCUT2D eigenvalue weighted by molar-refractivity contribution is 5.92. The third-order valence-electron chi connectivity index (χ3n) is 5.43. The summed E-state index contributed by atoms with van der Waals surface area (Å²) in [5, 5.41) is 13.0. The van der Waals surface area contributed by atoms with Crippen LogP contribution in [0.2, 0.25) is 0 Å². The Bertz CT molecular complexity index is 1080. The van der Waals surface area contributed by atoms with E-state index >= 15 is 0 Å². The molecular weight excluding hydrogens is 381 g/mol. The monoisotopic (exact) mass is 402 g/mol. The Hall–Kier alpha value is -2.80. The molecule has 0 atom stereocenters. The zero-order valence-corrected chi connectivity index (χ0v) is 16.0. The number of rotatable bonds is 4. The van der Waals surface area contributed by atoms with Gasteiger partial charge in [0.25, 0.3) is 5.91 Å². The minimum atomic E-state index is -1.47. The van der Waals surface area contributed by atoms with Gasteiger partial charge in [0.05, 0.1) is 11.2 Å². The maximum atomic E-state index is 14.4. The van der Waals surface area contributed by atoms with Crippen LogP contribution in [0.1, 0.15) is 38.2 Å². The van der Waals surface area contributed by atoms with Crippen molar-refractivity contribution in [1.82, 2.24) is 10.3 Å². The fraction of sp³-hybridized carbons (Fsp3) is 0.318. The number of aliphatic hydroxyl groups is 1. The number of hydrogen-bond donors (Lipinski definition) is 3. The van der Waals surface area contributed by atoms with Crippen LogP contribution >= 0.6 is 0 Å². The van der Waals surface area contributed by atoms with Crippen molar-refractivity contribution in [2.45, 2.75) is 44.2 Å². The van der Waals surface area contributed by atoms with E-state index in [0.717, 1.165) is 11.6 Å². The molecule has 0 aliphatic heterocycles. The van der Waals surface area contributed by atoms with Gasteiger partial charge in [0.15, 0.2) is 0 Å². The summed E-state index contributed by atoms with van der Waals surface area (Å²) in [4.78, 5) is 15.0. The highest BCUT2D eigenvalue weighted by Crippen LogP contribution is 2.45. The van der Waals surface area contributed by atoms with Crippen LogP contribution in [0.15, 0.2) is 36.4 Å². The molecule has 4 rings (SSSR count). The summed E-state index contributed by atoms with van der Waals surface area (Å²) in [5.74, 6) is -2.26. The number of amides is 1. The Balaban J connectivity index is 1.71. The number of aromatic amines is 1. The first-order valence-electron chi connectivity index (χ1n) is 9.43. The molecule has 2 aromatic carbocycles. The molecule has 4 nitrogen and oxygen atoms in total. The van der Waals surface area contributed by atoms with E-state index < -0.39 is 23.1 Å². The van der Waals surface area contributed by atoms with E-state index in [2.05, 4.69) is 10.3 Å². The Morgan fingerprint density at radius 3 is 2.38 bits per heavy atom. The summed E-state index contributed by atoms with van der Waals surface area (Å²) < 4.78 is 41.6. The first kappa shape index (κ1) is 19.5. The number of H-pyrrole nitrogens is 1. The van der Waals surface area contributed by atoms with Gasteiger partial charge in [-0.1, -0.05) is 0 Å². The number of halogens is 3. The topological polar surface area (TPSA) is 65.1 Å². The molecule has 1 saturated carbocycles. The first-order valence-corrected chi connectivity index (χ1v) is 9.43. The first-order chi connectivity index (χ1) is 13.6. The molecule has 0 spiro atoms. The minimum absolute atomic E-state index is 0.0443. The summed E-state index contributed by atoms with van der Waals surface area (Å²) in [7, 11) is 0. The lowest BCUT2D eigenvalue weighted by atomic mass is 9.74. The van der Waals surface area contributed by atoms with Crippen molar-refractivity contribution in [3.8, 4) is 11.3 Å². The lowest BCUT2D eigenvalue weighted by Gasteiger charge is -2.37. The van der Waals surface area contributed by atoms with Gasteiger partial charge < -0.3 is 15.4 Å². The Morgan fingerprint density at radius 2 is 1.76 bits per heavy atom. The Morgan fingerprint density at radius 1 is 1.10 bits per heavy atom. The zero-order valence-electron chi connectivity index (χ0n) is 16.0. The Kier molecular flexibility index (Phi) is 4.65. The summed E-state index contributed by atoms with van der Waals surface area (Å²) in [6, 6.07) is 7.78. The van der Waals surface area contributed by atoms with Crippen molar-refractivity contribution >= 4 is 16.8 Å². The average Bonchev–Trinajstić information content (AvgIpc) is 2.96. The molecule has 1 aliphatic carbocycles. The van der Waals surface area contributed by atoms with Crippen molar-refractivity contribution in [3.63, 3.8) is 0 Å². The van der Waals surface area contributed by atoms with Gasteiger partial charge in [0.1, 0.15) is 23.1 Å². The molecule has 152 valence electrons. The number of benzene rings is 2. The molecule has 1 heterocycles. The number of nitrogens with one attached hydrogen (secondary N) is 2. The number of fused-ring (bicyclic) bond motifs is 1. The summed E-state index contributed by atoms with van der Waals surface area (Å²) >= 11 is 0. The largest absolute Gasteiger partial charge is 0.381 e. The van der Waals surface area contributed by atoms with E-state index in [1.54, 1.807) is 12.1 Å². The maximum Gasteiger partial charge on any atom is 0.251 e. The van der Waals surface area contributed by atoms with Gasteiger partial charge in [-0.15, -0.1) is 0 Å². The normalized spacial score (nSPS) is 19.2. The predicted octanol–water partition coefficient (Wildman–Crippen LogP) is 4.39. The van der Waals surface area contributed by atoms with Crippen molar-refractivity contribution in [2.24, 2.45) is 0 Å². The summed E-state index contributed by atoms with van der Waals surface area (Å²) in [6.07, 6.45) is 1.14. The smallest absolute Gasteiger partial charge is 0.251 e. The van der Waals surface area contributed by atoms with Gasteiger partial charge in [-0.2, -0.15) is 0 Å². The van der Waals surface area contributed by atoms with Crippen LogP contribution in [0.3, 0.4) is 0 Å². The van der Waals surface area contributed by atoms with E-state index in [1.807, 2.05) is 0 Å². The van der Waals surface area contributed by atoms with Crippen LogP contribution in [-0.2, 0) is 4.79 Å². The molecule has 1 amide bonds. The van der Waals surface area contributed by atoms with Gasteiger partial charge in [-0.05, 0) is 74.1 Å². The standard InChI is InChI=1S/C22H21F3N2O2/c1-22(2,29)21(28)26-15-7-12(8-15)18-16-9-14(24)10-17(25)20(16)27-19(18)11-3-5-13(23)6-4-11/h3-6,9-10,12,15,27,29H,7-8H2,1-2H3,(H,26,28). The average molecular weight is 402 g/mol. The van der Waals surface area contributed by atoms with Crippen LogP contribution < -0.4 is 5.32 Å². The number of carbonyl (C=O) groups is 1. The second kappa shape index (κ2) is 6.91. The van der Waals surface area contributed by atoms with Crippen molar-refractivity contribution in [3.05, 3.63) is 59.4 Å². The molecule has 29 heavy (non-hydrogen) atoms. The SMILES string of the molecule is CC(C)(O)C(=O)NC1CC(c2c(-c3ccc(F)cc3)[nH]c3c(F)cc(F)cc23)C1. The fourth-order valence-electron chi connectivity index (χ4n) is 3.84. The Labute approximate surface area is 165 Å². The van der Waals surface area contributed by atoms with E-state index in [1.165, 1.54) is 32.0 Å². The fourth-order valence-corrected chi connectivity index (χ4v) is 3.84.